The lowest BCUT2D eigenvalue weighted by molar-refractivity contribution is 0.0593. The number of carbonyl (C=O) groups excluding carboxylic acids is 1. The van der Waals surface area contributed by atoms with Crippen LogP contribution in [-0.4, -0.2) is 30.1 Å². The highest BCUT2D eigenvalue weighted by Gasteiger charge is 2.42. The number of carbonyl (C=O) groups is 1. The summed E-state index contributed by atoms with van der Waals surface area (Å²) in [5, 5.41) is 1.24. The van der Waals surface area contributed by atoms with Gasteiger partial charge in [-0.05, 0) is 75.1 Å². The SMILES string of the molecule is Cc1cc2oc3c(c(=O)c2cc1C)[C@H](c1ccc(Cl)c(Cl)c1)N(CCCOC(C)C)C3=O. The second-order valence-electron chi connectivity index (χ2n) is 8.45. The van der Waals surface area contributed by atoms with E-state index < -0.39 is 6.04 Å². The van der Waals surface area contributed by atoms with Crippen molar-refractivity contribution in [1.29, 1.82) is 0 Å². The average Bonchev–Trinajstić information content (AvgIpc) is 3.01. The summed E-state index contributed by atoms with van der Waals surface area (Å²) in [7, 11) is 0. The van der Waals surface area contributed by atoms with E-state index in [0.29, 0.717) is 51.7 Å². The summed E-state index contributed by atoms with van der Waals surface area (Å²) in [6.07, 6.45) is 0.731. The quantitative estimate of drug-likeness (QED) is 0.407. The molecule has 1 aromatic heterocycles. The van der Waals surface area contributed by atoms with Gasteiger partial charge in [0.1, 0.15) is 5.58 Å². The Kier molecular flexibility index (Phi) is 6.35. The van der Waals surface area contributed by atoms with Crippen molar-refractivity contribution < 1.29 is 13.9 Å². The number of halogens is 2. The molecule has 0 bridgehead atoms. The lowest BCUT2D eigenvalue weighted by Crippen LogP contribution is -2.31. The summed E-state index contributed by atoms with van der Waals surface area (Å²) in [6.45, 7) is 8.75. The monoisotopic (exact) mass is 473 g/mol. The molecule has 1 aliphatic rings. The summed E-state index contributed by atoms with van der Waals surface area (Å²) in [6, 6.07) is 8.21. The maximum Gasteiger partial charge on any atom is 0.290 e. The van der Waals surface area contributed by atoms with Crippen LogP contribution in [0, 0.1) is 13.8 Å². The number of benzene rings is 2. The Morgan fingerprint density at radius 1 is 1.06 bits per heavy atom. The molecule has 0 radical (unpaired) electrons. The van der Waals surface area contributed by atoms with Gasteiger partial charge in [0.2, 0.25) is 5.76 Å². The molecule has 0 spiro atoms. The zero-order chi connectivity index (χ0) is 23.2. The van der Waals surface area contributed by atoms with E-state index >= 15 is 0 Å². The van der Waals surface area contributed by atoms with Crippen LogP contribution in [0.25, 0.3) is 11.0 Å². The van der Waals surface area contributed by atoms with Crippen molar-refractivity contribution >= 4 is 40.1 Å². The minimum absolute atomic E-state index is 0.0894. The fourth-order valence-corrected chi connectivity index (χ4v) is 4.40. The topological polar surface area (TPSA) is 59.8 Å². The lowest BCUT2D eigenvalue weighted by Gasteiger charge is -2.25. The predicted molar refractivity (Wildman–Crippen MR) is 127 cm³/mol. The third-order valence-electron chi connectivity index (χ3n) is 5.84. The number of aryl methyl sites for hydroxylation is 2. The molecule has 32 heavy (non-hydrogen) atoms. The minimum atomic E-state index is -0.603. The maximum absolute atomic E-state index is 13.6. The van der Waals surface area contributed by atoms with E-state index in [-0.39, 0.29) is 23.2 Å². The van der Waals surface area contributed by atoms with Gasteiger partial charge in [0.25, 0.3) is 5.91 Å². The van der Waals surface area contributed by atoms with E-state index in [2.05, 4.69) is 0 Å². The Morgan fingerprint density at radius 2 is 1.78 bits per heavy atom. The molecular weight excluding hydrogens is 449 g/mol. The van der Waals surface area contributed by atoms with E-state index in [0.717, 1.165) is 11.1 Å². The molecule has 2 aromatic carbocycles. The van der Waals surface area contributed by atoms with Gasteiger partial charge in [-0.2, -0.15) is 0 Å². The van der Waals surface area contributed by atoms with E-state index in [1.807, 2.05) is 39.8 Å². The van der Waals surface area contributed by atoms with Crippen LogP contribution in [0.15, 0.2) is 39.5 Å². The minimum Gasteiger partial charge on any atom is -0.450 e. The number of fused-ring (bicyclic) bond motifs is 2. The van der Waals surface area contributed by atoms with Crippen LogP contribution in [0.3, 0.4) is 0 Å². The van der Waals surface area contributed by atoms with E-state index in [1.54, 1.807) is 23.1 Å². The van der Waals surface area contributed by atoms with Crippen molar-refractivity contribution in [2.75, 3.05) is 13.2 Å². The standard InChI is InChI=1S/C25H25Cl2NO4/c1-13(2)31-9-5-8-28-22(16-6-7-18(26)19(27)12-16)21-23(29)17-10-14(3)15(4)11-20(17)32-24(21)25(28)30/h6-7,10-13,22H,5,8-9H2,1-4H3/t22-/m0/s1. The predicted octanol–water partition coefficient (Wildman–Crippen LogP) is 6.08. The fourth-order valence-electron chi connectivity index (χ4n) is 4.09. The summed E-state index contributed by atoms with van der Waals surface area (Å²) < 4.78 is 11.7. The Hall–Kier alpha value is -2.34. The summed E-state index contributed by atoms with van der Waals surface area (Å²) in [5.41, 5.74) is 3.26. The highest BCUT2D eigenvalue weighted by atomic mass is 35.5. The molecule has 0 saturated heterocycles. The second kappa shape index (κ2) is 8.89. The maximum atomic E-state index is 13.6. The van der Waals surface area contributed by atoms with Crippen molar-refractivity contribution in [3.05, 3.63) is 78.6 Å². The van der Waals surface area contributed by atoms with Crippen LogP contribution in [0.4, 0.5) is 0 Å². The first kappa shape index (κ1) is 22.8. The number of amides is 1. The third kappa shape index (κ3) is 4.05. The van der Waals surface area contributed by atoms with Crippen molar-refractivity contribution in [1.82, 2.24) is 4.90 Å². The van der Waals surface area contributed by atoms with Crippen molar-refractivity contribution in [3.63, 3.8) is 0 Å². The molecule has 168 valence electrons. The van der Waals surface area contributed by atoms with Gasteiger partial charge in [-0.15, -0.1) is 0 Å². The number of hydrogen-bond donors (Lipinski definition) is 0. The smallest absolute Gasteiger partial charge is 0.290 e. The molecule has 3 aromatic rings. The molecule has 1 atom stereocenters. The average molecular weight is 474 g/mol. The van der Waals surface area contributed by atoms with Crippen LogP contribution in [0.1, 0.15) is 59.1 Å². The molecule has 0 unspecified atom stereocenters. The van der Waals surface area contributed by atoms with Gasteiger partial charge in [-0.1, -0.05) is 29.3 Å². The molecule has 2 heterocycles. The van der Waals surface area contributed by atoms with E-state index in [4.69, 9.17) is 32.4 Å². The normalized spacial score (nSPS) is 15.8. The molecule has 1 amide bonds. The largest absolute Gasteiger partial charge is 0.450 e. The number of ether oxygens (including phenoxy) is 1. The van der Waals surface area contributed by atoms with Gasteiger partial charge in [0, 0.05) is 13.2 Å². The molecule has 0 N–H and O–H groups in total. The number of hydrogen-bond acceptors (Lipinski definition) is 4. The summed E-state index contributed by atoms with van der Waals surface area (Å²) in [5.74, 6) is -0.218. The Labute approximate surface area is 196 Å². The summed E-state index contributed by atoms with van der Waals surface area (Å²) in [4.78, 5) is 28.7. The fraction of sp³-hybridized carbons (Fsp3) is 0.360. The van der Waals surface area contributed by atoms with Crippen molar-refractivity contribution in [2.24, 2.45) is 0 Å². The van der Waals surface area contributed by atoms with Gasteiger partial charge < -0.3 is 14.1 Å². The molecular formula is C25H25Cl2NO4. The first-order chi connectivity index (χ1) is 15.2. The van der Waals surface area contributed by atoms with Gasteiger partial charge >= 0.3 is 0 Å². The van der Waals surface area contributed by atoms with Crippen molar-refractivity contribution in [2.45, 2.75) is 46.3 Å². The van der Waals surface area contributed by atoms with Gasteiger partial charge in [0.05, 0.1) is 33.1 Å². The Bertz CT molecular complexity index is 1270. The molecule has 0 saturated carbocycles. The second-order valence-corrected chi connectivity index (χ2v) is 9.27. The first-order valence-corrected chi connectivity index (χ1v) is 11.4. The highest BCUT2D eigenvalue weighted by Crippen LogP contribution is 2.40. The van der Waals surface area contributed by atoms with Crippen LogP contribution < -0.4 is 5.43 Å². The zero-order valence-electron chi connectivity index (χ0n) is 18.5. The van der Waals surface area contributed by atoms with Gasteiger partial charge in [0.15, 0.2) is 5.43 Å². The summed E-state index contributed by atoms with van der Waals surface area (Å²) >= 11 is 12.4. The number of rotatable bonds is 6. The van der Waals surface area contributed by atoms with Crippen LogP contribution >= 0.6 is 23.2 Å². The van der Waals surface area contributed by atoms with Crippen molar-refractivity contribution in [3.8, 4) is 0 Å². The zero-order valence-corrected chi connectivity index (χ0v) is 20.0. The van der Waals surface area contributed by atoms with E-state index in [9.17, 15) is 9.59 Å². The van der Waals surface area contributed by atoms with Crippen LogP contribution in [0.2, 0.25) is 10.0 Å². The third-order valence-corrected chi connectivity index (χ3v) is 6.57. The first-order valence-electron chi connectivity index (χ1n) is 10.6. The van der Waals surface area contributed by atoms with Gasteiger partial charge in [-0.25, -0.2) is 0 Å². The van der Waals surface area contributed by atoms with E-state index in [1.165, 1.54) is 0 Å². The molecule has 5 nitrogen and oxygen atoms in total. The van der Waals surface area contributed by atoms with Crippen LogP contribution in [-0.2, 0) is 4.74 Å². The van der Waals surface area contributed by atoms with Crippen LogP contribution in [0.5, 0.6) is 0 Å². The number of nitrogens with zero attached hydrogens (tertiary/aromatic N) is 1. The lowest BCUT2D eigenvalue weighted by atomic mass is 9.97. The Morgan fingerprint density at radius 3 is 2.47 bits per heavy atom. The molecule has 7 heteroatoms. The molecule has 0 fully saturated rings. The Balaban J connectivity index is 1.86. The molecule has 4 rings (SSSR count). The van der Waals surface area contributed by atoms with Gasteiger partial charge in [-0.3, -0.25) is 9.59 Å². The molecule has 0 aliphatic carbocycles. The molecule has 1 aliphatic heterocycles. The highest BCUT2D eigenvalue weighted by molar-refractivity contribution is 6.42.